The minimum absolute atomic E-state index is 0.0310. The molecule has 4 saturated carbocycles. The van der Waals surface area contributed by atoms with Gasteiger partial charge in [-0.1, -0.05) is 26.8 Å². The van der Waals surface area contributed by atoms with Crippen molar-refractivity contribution in [1.29, 1.82) is 0 Å². The number of aliphatic hydroxyl groups is 1. The number of amides is 2. The molecule has 45 heavy (non-hydrogen) atoms. The van der Waals surface area contributed by atoms with Crippen molar-refractivity contribution >= 4 is 35.5 Å². The second-order valence-corrected chi connectivity index (χ2v) is 16.8. The Morgan fingerprint density at radius 1 is 1.09 bits per heavy atom. The second-order valence-electron chi connectivity index (χ2n) is 15.6. The molecule has 0 spiro atoms. The van der Waals surface area contributed by atoms with Gasteiger partial charge >= 0.3 is 12.1 Å². The molecule has 4 fully saturated rings. The minimum Gasteiger partial charge on any atom is -0.461 e. The first-order valence-corrected chi connectivity index (χ1v) is 18.0. The zero-order chi connectivity index (χ0) is 33.2. The molecule has 2 bridgehead atoms. The highest BCUT2D eigenvalue weighted by Gasteiger charge is 2.63. The van der Waals surface area contributed by atoms with Crippen molar-refractivity contribution in [3.05, 3.63) is 12.7 Å². The largest absolute Gasteiger partial charge is 0.461 e. The Bertz CT molecular complexity index is 1120. The Balaban J connectivity index is 1.27. The van der Waals surface area contributed by atoms with E-state index in [0.717, 1.165) is 44.9 Å². The monoisotopic (exact) mass is 648 g/mol. The van der Waals surface area contributed by atoms with Crippen LogP contribution in [0.25, 0.3) is 0 Å². The van der Waals surface area contributed by atoms with Crippen LogP contribution in [0, 0.1) is 40.4 Å². The zero-order valence-electron chi connectivity index (χ0n) is 28.2. The van der Waals surface area contributed by atoms with Crippen molar-refractivity contribution in [3.8, 4) is 0 Å². The quantitative estimate of drug-likeness (QED) is 0.223. The summed E-state index contributed by atoms with van der Waals surface area (Å²) in [5.41, 5.74) is -1.48. The summed E-state index contributed by atoms with van der Waals surface area (Å²) in [6.07, 6.45) is 7.66. The molecule has 4 aliphatic carbocycles. The number of Topliss-reactive ketones (excluding diaryl/α,β-unsaturated/α-hetero) is 1. The van der Waals surface area contributed by atoms with Crippen molar-refractivity contribution in [2.24, 2.45) is 40.4 Å². The number of carbonyl (C=O) groups excluding carboxylic acids is 4. The average molecular weight is 649 g/mol. The van der Waals surface area contributed by atoms with E-state index in [2.05, 4.69) is 31.1 Å². The number of ether oxygens (including phenoxy) is 2. The van der Waals surface area contributed by atoms with Gasteiger partial charge in [-0.05, 0) is 95.3 Å². The SMILES string of the molecule is C=CC1(C)CC(OC(=O)CSC2CCC(CNC(=O)CNC(=O)OC(C)(C)C)CC2)C2C(C)CCC3(CCC(=O)C23)C(C)C1O. The van der Waals surface area contributed by atoms with E-state index in [1.807, 2.05) is 13.0 Å². The van der Waals surface area contributed by atoms with Crippen LogP contribution in [-0.4, -0.2) is 70.8 Å². The summed E-state index contributed by atoms with van der Waals surface area (Å²) in [5.74, 6) is 0.414. The van der Waals surface area contributed by atoms with Gasteiger partial charge in [-0.25, -0.2) is 4.79 Å². The van der Waals surface area contributed by atoms with E-state index in [4.69, 9.17) is 9.47 Å². The van der Waals surface area contributed by atoms with Gasteiger partial charge in [0, 0.05) is 35.5 Å². The van der Waals surface area contributed by atoms with Crippen LogP contribution < -0.4 is 10.6 Å². The Morgan fingerprint density at radius 3 is 2.42 bits per heavy atom. The highest BCUT2D eigenvalue weighted by atomic mass is 32.2. The van der Waals surface area contributed by atoms with Crippen molar-refractivity contribution in [2.75, 3.05) is 18.8 Å². The lowest BCUT2D eigenvalue weighted by Gasteiger charge is -2.57. The van der Waals surface area contributed by atoms with E-state index < -0.39 is 29.3 Å². The molecule has 0 aliphatic heterocycles. The van der Waals surface area contributed by atoms with Gasteiger partial charge in [-0.2, -0.15) is 0 Å². The summed E-state index contributed by atoms with van der Waals surface area (Å²) in [6, 6.07) is 0. The maximum absolute atomic E-state index is 13.4. The third-order valence-electron chi connectivity index (χ3n) is 11.4. The van der Waals surface area contributed by atoms with Crippen molar-refractivity contribution in [2.45, 2.75) is 122 Å². The number of hydrogen-bond acceptors (Lipinski definition) is 8. The van der Waals surface area contributed by atoms with Gasteiger partial charge in [-0.3, -0.25) is 14.4 Å². The predicted octanol–water partition coefficient (Wildman–Crippen LogP) is 5.44. The molecule has 8 atom stereocenters. The Morgan fingerprint density at radius 2 is 1.78 bits per heavy atom. The number of esters is 1. The number of ketones is 1. The van der Waals surface area contributed by atoms with Gasteiger partial charge in [0.1, 0.15) is 17.5 Å². The molecule has 4 aliphatic rings. The third-order valence-corrected chi connectivity index (χ3v) is 12.7. The molecule has 3 N–H and O–H groups in total. The van der Waals surface area contributed by atoms with Crippen molar-refractivity contribution < 1.29 is 33.8 Å². The average Bonchev–Trinajstić information content (AvgIpc) is 3.33. The smallest absolute Gasteiger partial charge is 0.408 e. The molecule has 4 rings (SSSR count). The first-order valence-electron chi connectivity index (χ1n) is 17.0. The Hall–Kier alpha value is -2.07. The van der Waals surface area contributed by atoms with E-state index in [1.165, 1.54) is 0 Å². The summed E-state index contributed by atoms with van der Waals surface area (Å²) in [5, 5.41) is 17.4. The first kappa shape index (κ1) is 35.8. The summed E-state index contributed by atoms with van der Waals surface area (Å²) >= 11 is 1.64. The van der Waals surface area contributed by atoms with Crippen LogP contribution >= 0.6 is 11.8 Å². The van der Waals surface area contributed by atoms with Crippen LogP contribution in [0.2, 0.25) is 0 Å². The molecule has 8 unspecified atom stereocenters. The molecular weight excluding hydrogens is 592 g/mol. The number of alkyl carbamates (subject to hydrolysis) is 1. The zero-order valence-corrected chi connectivity index (χ0v) is 29.0. The molecule has 2 amide bonds. The number of nitrogens with one attached hydrogen (secondary N) is 2. The van der Waals surface area contributed by atoms with E-state index >= 15 is 0 Å². The number of carbonyl (C=O) groups is 4. The van der Waals surface area contributed by atoms with E-state index in [1.54, 1.807) is 32.5 Å². The molecule has 10 heteroatoms. The lowest BCUT2D eigenvalue weighted by atomic mass is 9.49. The third kappa shape index (κ3) is 8.27. The van der Waals surface area contributed by atoms with Crippen LogP contribution in [0.3, 0.4) is 0 Å². The topological polar surface area (TPSA) is 131 Å². The molecule has 0 radical (unpaired) electrons. The van der Waals surface area contributed by atoms with Gasteiger partial charge in [0.05, 0.1) is 18.4 Å². The van der Waals surface area contributed by atoms with Crippen LogP contribution in [-0.2, 0) is 23.9 Å². The molecule has 254 valence electrons. The van der Waals surface area contributed by atoms with Crippen LogP contribution in [0.15, 0.2) is 12.7 Å². The fraction of sp³-hybridized carbons (Fsp3) is 0.829. The Kier molecular flexibility index (Phi) is 11.4. The molecule has 0 aromatic rings. The number of rotatable bonds is 9. The highest BCUT2D eigenvalue weighted by Crippen LogP contribution is 2.63. The number of aliphatic hydroxyl groups excluding tert-OH is 1. The molecular formula is C35H56N2O7S. The second kappa shape index (κ2) is 14.4. The minimum atomic E-state index is -0.658. The lowest BCUT2D eigenvalue weighted by Crippen LogP contribution is -2.58. The standard InChI is InChI=1S/C35H56N2O7S/c1-8-34(7)17-26(29-21(2)13-15-35(22(3)31(34)41)16-14-25(38)30(29)35)43-28(40)20-45-24-11-9-23(10-12-24)18-36-27(39)19-37-32(42)44-33(4,5)6/h8,21-24,26,29-31,41H,1,9-20H2,2-7H3,(H,36,39)(H,37,42). The summed E-state index contributed by atoms with van der Waals surface area (Å²) in [6.45, 7) is 16.1. The first-order chi connectivity index (χ1) is 21.1. The highest BCUT2D eigenvalue weighted by molar-refractivity contribution is 8.00. The van der Waals surface area contributed by atoms with Gasteiger partial charge in [0.25, 0.3) is 0 Å². The van der Waals surface area contributed by atoms with Crippen LogP contribution in [0.1, 0.15) is 99.3 Å². The van der Waals surface area contributed by atoms with Crippen molar-refractivity contribution in [1.82, 2.24) is 10.6 Å². The summed E-state index contributed by atoms with van der Waals surface area (Å²) in [7, 11) is 0. The van der Waals surface area contributed by atoms with E-state index in [9.17, 15) is 24.3 Å². The molecule has 0 heterocycles. The fourth-order valence-corrected chi connectivity index (χ4v) is 9.83. The molecule has 0 aromatic heterocycles. The summed E-state index contributed by atoms with van der Waals surface area (Å²) < 4.78 is 11.5. The van der Waals surface area contributed by atoms with Crippen LogP contribution in [0.5, 0.6) is 0 Å². The predicted molar refractivity (Wildman–Crippen MR) is 175 cm³/mol. The lowest BCUT2D eigenvalue weighted by molar-refractivity contribution is -0.179. The van der Waals surface area contributed by atoms with Gasteiger partial charge in [-0.15, -0.1) is 18.3 Å². The van der Waals surface area contributed by atoms with E-state index in [0.29, 0.717) is 30.6 Å². The number of thioether (sulfide) groups is 1. The number of hydrogen-bond donors (Lipinski definition) is 3. The fourth-order valence-electron chi connectivity index (χ4n) is 8.78. The van der Waals surface area contributed by atoms with E-state index in [-0.39, 0.29) is 59.0 Å². The molecule has 0 saturated heterocycles. The maximum Gasteiger partial charge on any atom is 0.408 e. The summed E-state index contributed by atoms with van der Waals surface area (Å²) in [4.78, 5) is 50.7. The molecule has 0 aromatic carbocycles. The van der Waals surface area contributed by atoms with Gasteiger partial charge in [0.2, 0.25) is 5.91 Å². The van der Waals surface area contributed by atoms with Gasteiger partial charge in [0.15, 0.2) is 0 Å². The normalized spacial score (nSPS) is 38.2. The van der Waals surface area contributed by atoms with Gasteiger partial charge < -0.3 is 25.2 Å². The van der Waals surface area contributed by atoms with Crippen LogP contribution in [0.4, 0.5) is 4.79 Å². The maximum atomic E-state index is 13.4. The Labute approximate surface area is 273 Å². The molecule has 9 nitrogen and oxygen atoms in total. The van der Waals surface area contributed by atoms with Crippen molar-refractivity contribution in [3.63, 3.8) is 0 Å².